The van der Waals surface area contributed by atoms with E-state index in [1.165, 1.54) is 0 Å². The van der Waals surface area contributed by atoms with Gasteiger partial charge in [0.25, 0.3) is 0 Å². The molecule has 2 heteroatoms. The van der Waals surface area contributed by atoms with Gasteiger partial charge in [-0.3, -0.25) is 0 Å². The van der Waals surface area contributed by atoms with E-state index < -0.39 is 0 Å². The lowest BCUT2D eigenvalue weighted by Gasteiger charge is -2.31. The Hall–Kier alpha value is -0.760. The van der Waals surface area contributed by atoms with Gasteiger partial charge >= 0.3 is 0 Å². The van der Waals surface area contributed by atoms with Crippen molar-refractivity contribution in [1.82, 2.24) is 0 Å². The number of aliphatic hydroxyl groups is 1. The fraction of sp³-hybridized carbons (Fsp3) is 0.636. The van der Waals surface area contributed by atoms with Gasteiger partial charge in [0.05, 0.1) is 0 Å². The van der Waals surface area contributed by atoms with Gasteiger partial charge in [-0.15, -0.1) is 0 Å². The van der Waals surface area contributed by atoms with Gasteiger partial charge in [0.1, 0.15) is 0 Å². The molecule has 13 heavy (non-hydrogen) atoms. The van der Waals surface area contributed by atoms with Crippen molar-refractivity contribution in [2.45, 2.75) is 32.6 Å². The van der Waals surface area contributed by atoms with Crippen molar-refractivity contribution >= 4 is 0 Å². The molecular formula is C11H19NO. The quantitative estimate of drug-likeness (QED) is 0.651. The molecule has 0 heterocycles. The molecular weight excluding hydrogens is 162 g/mol. The summed E-state index contributed by atoms with van der Waals surface area (Å²) in [4.78, 5) is 0. The molecule has 0 aromatic heterocycles. The minimum absolute atomic E-state index is 0.129. The highest BCUT2D eigenvalue weighted by Crippen LogP contribution is 2.36. The first-order valence-corrected chi connectivity index (χ1v) is 4.93. The number of rotatable bonds is 4. The maximum atomic E-state index is 8.69. The van der Waals surface area contributed by atoms with Crippen molar-refractivity contribution < 1.29 is 5.11 Å². The topological polar surface area (TPSA) is 46.2 Å². The Balaban J connectivity index is 2.46. The third-order valence-corrected chi connectivity index (χ3v) is 2.81. The zero-order chi connectivity index (χ0) is 9.73. The minimum Gasteiger partial charge on any atom is -0.402 e. The van der Waals surface area contributed by atoms with Gasteiger partial charge < -0.3 is 10.8 Å². The summed E-state index contributed by atoms with van der Waals surface area (Å²) >= 11 is 0. The summed E-state index contributed by atoms with van der Waals surface area (Å²) in [6.45, 7) is 2.48. The average molecular weight is 181 g/mol. The van der Waals surface area contributed by atoms with Crippen LogP contribution in [0.25, 0.3) is 0 Å². The number of nitrogens with two attached hydrogens (primary N) is 1. The molecule has 3 N–H and O–H groups in total. The maximum absolute atomic E-state index is 8.69. The van der Waals surface area contributed by atoms with Gasteiger partial charge in [0.15, 0.2) is 0 Å². The summed E-state index contributed by atoms with van der Waals surface area (Å²) in [6.07, 6.45) is 10.2. The van der Waals surface area contributed by atoms with Crippen LogP contribution in [0.3, 0.4) is 0 Å². The molecule has 1 atom stereocenters. The van der Waals surface area contributed by atoms with E-state index >= 15 is 0 Å². The Labute approximate surface area is 80.1 Å². The summed E-state index contributed by atoms with van der Waals surface area (Å²) in [5.74, 6) is 0. The van der Waals surface area contributed by atoms with Crippen LogP contribution in [0.2, 0.25) is 0 Å². The summed E-state index contributed by atoms with van der Waals surface area (Å²) in [5, 5.41) is 8.69. The minimum atomic E-state index is 0.129. The van der Waals surface area contributed by atoms with Crippen LogP contribution in [0, 0.1) is 5.41 Å². The molecule has 0 saturated carbocycles. The van der Waals surface area contributed by atoms with Crippen LogP contribution in [-0.2, 0) is 0 Å². The Kier molecular flexibility index (Phi) is 3.55. The molecule has 0 spiro atoms. The number of hydrogen-bond acceptors (Lipinski definition) is 2. The molecule has 1 unspecified atom stereocenters. The second-order valence-corrected chi connectivity index (χ2v) is 4.00. The molecule has 0 fully saturated rings. The van der Waals surface area contributed by atoms with Gasteiger partial charge in [0.2, 0.25) is 0 Å². The van der Waals surface area contributed by atoms with Crippen molar-refractivity contribution in [3.8, 4) is 0 Å². The molecule has 0 amide bonds. The largest absolute Gasteiger partial charge is 0.402 e. The second kappa shape index (κ2) is 4.47. The first-order chi connectivity index (χ1) is 6.19. The lowest BCUT2D eigenvalue weighted by atomic mass is 9.77. The van der Waals surface area contributed by atoms with E-state index in [4.69, 9.17) is 10.8 Å². The molecule has 1 aliphatic carbocycles. The highest BCUT2D eigenvalue weighted by atomic mass is 16.2. The van der Waals surface area contributed by atoms with E-state index in [1.54, 1.807) is 0 Å². The van der Waals surface area contributed by atoms with Crippen LogP contribution in [0.15, 0.2) is 23.9 Å². The number of unbranched alkanes of at least 4 members (excludes halogenated alkanes) is 1. The third-order valence-electron chi connectivity index (χ3n) is 2.81. The van der Waals surface area contributed by atoms with Crippen LogP contribution in [0.4, 0.5) is 0 Å². The van der Waals surface area contributed by atoms with E-state index in [-0.39, 0.29) is 12.0 Å². The zero-order valence-corrected chi connectivity index (χ0v) is 8.29. The molecule has 0 aromatic carbocycles. The van der Waals surface area contributed by atoms with Crippen LogP contribution >= 0.6 is 0 Å². The van der Waals surface area contributed by atoms with E-state index in [0.717, 1.165) is 31.4 Å². The Morgan fingerprint density at radius 1 is 1.54 bits per heavy atom. The highest BCUT2D eigenvalue weighted by Gasteiger charge is 2.26. The number of hydrogen-bond donors (Lipinski definition) is 2. The Bertz CT molecular complexity index is 220. The fourth-order valence-electron chi connectivity index (χ4n) is 1.69. The zero-order valence-electron chi connectivity index (χ0n) is 8.29. The van der Waals surface area contributed by atoms with Crippen molar-refractivity contribution in [2.75, 3.05) is 6.61 Å². The first-order valence-electron chi connectivity index (χ1n) is 4.93. The number of aliphatic hydroxyl groups excluding tert-OH is 1. The van der Waals surface area contributed by atoms with Crippen LogP contribution < -0.4 is 5.73 Å². The molecule has 2 nitrogen and oxygen atoms in total. The lowest BCUT2D eigenvalue weighted by Crippen LogP contribution is -2.25. The SMILES string of the molecule is CC1(CCCCO)CC=CC=C1N. The molecule has 0 radical (unpaired) electrons. The van der Waals surface area contributed by atoms with E-state index in [9.17, 15) is 0 Å². The van der Waals surface area contributed by atoms with Crippen molar-refractivity contribution in [1.29, 1.82) is 0 Å². The van der Waals surface area contributed by atoms with Crippen molar-refractivity contribution in [3.05, 3.63) is 23.9 Å². The van der Waals surface area contributed by atoms with E-state index in [2.05, 4.69) is 13.0 Å². The van der Waals surface area contributed by atoms with Gasteiger partial charge in [-0.1, -0.05) is 25.5 Å². The molecule has 0 bridgehead atoms. The smallest absolute Gasteiger partial charge is 0.0431 e. The summed E-state index contributed by atoms with van der Waals surface area (Å²) < 4.78 is 0. The van der Waals surface area contributed by atoms with Crippen molar-refractivity contribution in [3.63, 3.8) is 0 Å². The molecule has 0 saturated heterocycles. The van der Waals surface area contributed by atoms with Crippen LogP contribution in [-0.4, -0.2) is 11.7 Å². The van der Waals surface area contributed by atoms with Crippen molar-refractivity contribution in [2.24, 2.45) is 11.1 Å². The average Bonchev–Trinajstić information content (AvgIpc) is 2.11. The van der Waals surface area contributed by atoms with Gasteiger partial charge in [-0.05, 0) is 25.3 Å². The van der Waals surface area contributed by atoms with Crippen LogP contribution in [0.5, 0.6) is 0 Å². The molecule has 0 aliphatic heterocycles. The van der Waals surface area contributed by atoms with Gasteiger partial charge in [-0.25, -0.2) is 0 Å². The van der Waals surface area contributed by atoms with E-state index in [0.29, 0.717) is 0 Å². The predicted octanol–water partition coefficient (Wildman–Crippen LogP) is 1.96. The molecule has 0 aromatic rings. The Morgan fingerprint density at radius 3 is 2.92 bits per heavy atom. The van der Waals surface area contributed by atoms with E-state index in [1.807, 2.05) is 12.2 Å². The molecule has 1 aliphatic rings. The monoisotopic (exact) mass is 181 g/mol. The van der Waals surface area contributed by atoms with Crippen LogP contribution in [0.1, 0.15) is 32.6 Å². The number of allylic oxidation sites excluding steroid dienone is 4. The standard InChI is InChI=1S/C11H19NO/c1-11(8-4-5-9-13)7-3-2-6-10(11)12/h2-3,6,13H,4-5,7-9,12H2,1H3. The lowest BCUT2D eigenvalue weighted by molar-refractivity contribution is 0.265. The molecule has 74 valence electrons. The predicted molar refractivity (Wildman–Crippen MR) is 55.1 cm³/mol. The summed E-state index contributed by atoms with van der Waals surface area (Å²) in [5.41, 5.74) is 7.05. The van der Waals surface area contributed by atoms with Gasteiger partial charge in [0, 0.05) is 17.7 Å². The third kappa shape index (κ3) is 2.59. The normalized spacial score (nSPS) is 27.4. The fourth-order valence-corrected chi connectivity index (χ4v) is 1.69. The Morgan fingerprint density at radius 2 is 2.31 bits per heavy atom. The maximum Gasteiger partial charge on any atom is 0.0431 e. The molecule has 1 rings (SSSR count). The highest BCUT2D eigenvalue weighted by molar-refractivity contribution is 5.22. The van der Waals surface area contributed by atoms with Gasteiger partial charge in [-0.2, -0.15) is 0 Å². The summed E-state index contributed by atoms with van der Waals surface area (Å²) in [6, 6.07) is 0. The second-order valence-electron chi connectivity index (χ2n) is 4.00. The summed E-state index contributed by atoms with van der Waals surface area (Å²) in [7, 11) is 0. The first kappa shape index (κ1) is 10.3.